The molecule has 1 rings (SSSR count). The second-order valence-corrected chi connectivity index (χ2v) is 3.70. The predicted molar refractivity (Wildman–Crippen MR) is 64.9 cm³/mol. The van der Waals surface area contributed by atoms with Gasteiger partial charge in [-0.1, -0.05) is 6.07 Å². The number of methoxy groups -OCH3 is 2. The van der Waals surface area contributed by atoms with Crippen molar-refractivity contribution >= 4 is 0 Å². The molecule has 86 valence electrons. The first-order chi connectivity index (χ1) is 6.99. The van der Waals surface area contributed by atoms with Gasteiger partial charge in [-0.25, -0.2) is 0 Å². The SMILES string of the molecule is COC.COc1c(C)c(C)cc(C)c1C. The van der Waals surface area contributed by atoms with Crippen LogP contribution in [0.15, 0.2) is 6.07 Å². The van der Waals surface area contributed by atoms with Crippen LogP contribution in [0.2, 0.25) is 0 Å². The first-order valence-electron chi connectivity index (χ1n) is 5.01. The molecule has 0 heterocycles. The summed E-state index contributed by atoms with van der Waals surface area (Å²) in [6, 6.07) is 2.20. The second-order valence-electron chi connectivity index (χ2n) is 3.70. The Labute approximate surface area is 93.2 Å². The minimum absolute atomic E-state index is 1.03. The molecule has 0 saturated heterocycles. The molecule has 0 aliphatic heterocycles. The Balaban J connectivity index is 0.000000583. The second kappa shape index (κ2) is 6.46. The van der Waals surface area contributed by atoms with E-state index in [1.54, 1.807) is 21.3 Å². The van der Waals surface area contributed by atoms with Crippen LogP contribution in [0.5, 0.6) is 5.75 Å². The van der Waals surface area contributed by atoms with Crippen LogP contribution in [0.1, 0.15) is 22.3 Å². The molecule has 0 aliphatic carbocycles. The molecule has 1 aromatic carbocycles. The smallest absolute Gasteiger partial charge is 0.125 e. The number of rotatable bonds is 1. The average molecular weight is 210 g/mol. The standard InChI is InChI=1S/C11H16O.C2H6O/c1-7-6-8(2)10(4)11(12-5)9(7)3;1-3-2/h6H,1-5H3;1-2H3. The van der Waals surface area contributed by atoms with Gasteiger partial charge in [-0.2, -0.15) is 0 Å². The van der Waals surface area contributed by atoms with E-state index in [9.17, 15) is 0 Å². The minimum Gasteiger partial charge on any atom is -0.496 e. The van der Waals surface area contributed by atoms with E-state index in [0.717, 1.165) is 5.75 Å². The fraction of sp³-hybridized carbons (Fsp3) is 0.538. The van der Waals surface area contributed by atoms with Crippen molar-refractivity contribution in [3.8, 4) is 5.75 Å². The van der Waals surface area contributed by atoms with Crippen LogP contribution in [-0.2, 0) is 4.74 Å². The third-order valence-electron chi connectivity index (χ3n) is 2.50. The molecule has 2 nitrogen and oxygen atoms in total. The van der Waals surface area contributed by atoms with Crippen molar-refractivity contribution in [3.63, 3.8) is 0 Å². The molecule has 15 heavy (non-hydrogen) atoms. The number of hydrogen-bond acceptors (Lipinski definition) is 2. The molecular weight excluding hydrogens is 188 g/mol. The van der Waals surface area contributed by atoms with Gasteiger partial charge in [-0.15, -0.1) is 0 Å². The lowest BCUT2D eigenvalue weighted by molar-refractivity contribution is 0.277. The zero-order valence-corrected chi connectivity index (χ0v) is 10.9. The number of hydrogen-bond donors (Lipinski definition) is 0. The summed E-state index contributed by atoms with van der Waals surface area (Å²) in [5.41, 5.74) is 5.10. The molecule has 0 bridgehead atoms. The fourth-order valence-electron chi connectivity index (χ4n) is 1.49. The molecule has 0 unspecified atom stereocenters. The molecule has 0 radical (unpaired) electrons. The quantitative estimate of drug-likeness (QED) is 0.708. The fourth-order valence-corrected chi connectivity index (χ4v) is 1.49. The average Bonchev–Trinajstić information content (AvgIpc) is 2.17. The van der Waals surface area contributed by atoms with E-state index in [4.69, 9.17) is 4.74 Å². The van der Waals surface area contributed by atoms with Crippen LogP contribution in [0.3, 0.4) is 0 Å². The van der Waals surface area contributed by atoms with E-state index in [2.05, 4.69) is 38.5 Å². The molecule has 2 heteroatoms. The van der Waals surface area contributed by atoms with Crippen LogP contribution >= 0.6 is 0 Å². The third-order valence-corrected chi connectivity index (χ3v) is 2.50. The van der Waals surface area contributed by atoms with Gasteiger partial charge in [-0.3, -0.25) is 0 Å². The highest BCUT2D eigenvalue weighted by molar-refractivity contribution is 5.48. The van der Waals surface area contributed by atoms with Gasteiger partial charge < -0.3 is 9.47 Å². The van der Waals surface area contributed by atoms with E-state index in [1.807, 2.05) is 0 Å². The molecule has 0 N–H and O–H groups in total. The van der Waals surface area contributed by atoms with Gasteiger partial charge in [0.2, 0.25) is 0 Å². The maximum atomic E-state index is 5.34. The van der Waals surface area contributed by atoms with Crippen molar-refractivity contribution in [3.05, 3.63) is 28.3 Å². The Hall–Kier alpha value is -1.02. The van der Waals surface area contributed by atoms with E-state index >= 15 is 0 Å². The predicted octanol–water partition coefficient (Wildman–Crippen LogP) is 3.19. The van der Waals surface area contributed by atoms with Crippen molar-refractivity contribution in [1.82, 2.24) is 0 Å². The highest BCUT2D eigenvalue weighted by Crippen LogP contribution is 2.28. The van der Waals surface area contributed by atoms with Crippen LogP contribution in [0.25, 0.3) is 0 Å². The molecule has 0 atom stereocenters. The zero-order valence-electron chi connectivity index (χ0n) is 10.9. The summed E-state index contributed by atoms with van der Waals surface area (Å²) in [4.78, 5) is 0. The monoisotopic (exact) mass is 210 g/mol. The van der Waals surface area contributed by atoms with E-state index in [-0.39, 0.29) is 0 Å². The lowest BCUT2D eigenvalue weighted by Gasteiger charge is -2.13. The van der Waals surface area contributed by atoms with Crippen molar-refractivity contribution in [1.29, 1.82) is 0 Å². The Bertz CT molecular complexity index is 291. The molecule has 0 saturated carbocycles. The summed E-state index contributed by atoms with van der Waals surface area (Å²) in [7, 11) is 4.98. The van der Waals surface area contributed by atoms with Gasteiger partial charge in [0.05, 0.1) is 7.11 Å². The summed E-state index contributed by atoms with van der Waals surface area (Å²) >= 11 is 0. The maximum absolute atomic E-state index is 5.34. The summed E-state index contributed by atoms with van der Waals surface area (Å²) < 4.78 is 9.59. The van der Waals surface area contributed by atoms with Crippen LogP contribution in [-0.4, -0.2) is 21.3 Å². The zero-order chi connectivity index (χ0) is 12.0. The molecule has 0 aromatic heterocycles. The molecule has 0 spiro atoms. The summed E-state index contributed by atoms with van der Waals surface area (Å²) in [6.07, 6.45) is 0. The van der Waals surface area contributed by atoms with Crippen molar-refractivity contribution < 1.29 is 9.47 Å². The first-order valence-corrected chi connectivity index (χ1v) is 5.01. The molecule has 0 aliphatic rings. The number of benzene rings is 1. The molecule has 0 fully saturated rings. The highest BCUT2D eigenvalue weighted by Gasteiger charge is 2.07. The van der Waals surface area contributed by atoms with Crippen LogP contribution in [0, 0.1) is 27.7 Å². The summed E-state index contributed by atoms with van der Waals surface area (Å²) in [6.45, 7) is 8.43. The highest BCUT2D eigenvalue weighted by atomic mass is 16.5. The Morgan fingerprint density at radius 3 is 1.40 bits per heavy atom. The van der Waals surface area contributed by atoms with Gasteiger partial charge in [0.25, 0.3) is 0 Å². The van der Waals surface area contributed by atoms with E-state index in [0.29, 0.717) is 0 Å². The summed E-state index contributed by atoms with van der Waals surface area (Å²) in [5, 5.41) is 0. The first kappa shape index (κ1) is 14.0. The van der Waals surface area contributed by atoms with Crippen molar-refractivity contribution in [2.75, 3.05) is 21.3 Å². The van der Waals surface area contributed by atoms with Gasteiger partial charge in [0.15, 0.2) is 0 Å². The van der Waals surface area contributed by atoms with Crippen LogP contribution in [0.4, 0.5) is 0 Å². The van der Waals surface area contributed by atoms with Gasteiger partial charge in [0, 0.05) is 14.2 Å². The number of ether oxygens (including phenoxy) is 2. The molecular formula is C13H22O2. The normalized spacial score (nSPS) is 9.27. The lowest BCUT2D eigenvalue weighted by atomic mass is 10.0. The largest absolute Gasteiger partial charge is 0.496 e. The molecule has 1 aromatic rings. The third kappa shape index (κ3) is 3.56. The summed E-state index contributed by atoms with van der Waals surface area (Å²) in [5.74, 6) is 1.03. The molecule has 0 amide bonds. The van der Waals surface area contributed by atoms with Crippen molar-refractivity contribution in [2.45, 2.75) is 27.7 Å². The minimum atomic E-state index is 1.03. The van der Waals surface area contributed by atoms with E-state index in [1.165, 1.54) is 22.3 Å². The Kier molecular flexibility index (Phi) is 6.02. The Morgan fingerprint density at radius 2 is 1.13 bits per heavy atom. The van der Waals surface area contributed by atoms with Crippen LogP contribution < -0.4 is 4.74 Å². The van der Waals surface area contributed by atoms with Gasteiger partial charge in [0.1, 0.15) is 5.75 Å². The maximum Gasteiger partial charge on any atom is 0.125 e. The van der Waals surface area contributed by atoms with Crippen molar-refractivity contribution in [2.24, 2.45) is 0 Å². The topological polar surface area (TPSA) is 18.5 Å². The lowest BCUT2D eigenvalue weighted by Crippen LogP contribution is -1.95. The van der Waals surface area contributed by atoms with Gasteiger partial charge in [-0.05, 0) is 49.9 Å². The number of aryl methyl sites for hydroxylation is 2. The Morgan fingerprint density at radius 1 is 0.800 bits per heavy atom. The van der Waals surface area contributed by atoms with Gasteiger partial charge >= 0.3 is 0 Å². The van der Waals surface area contributed by atoms with E-state index < -0.39 is 0 Å².